The lowest BCUT2D eigenvalue weighted by atomic mass is 9.70. The summed E-state index contributed by atoms with van der Waals surface area (Å²) in [4.78, 5) is 68.7. The number of urea groups is 1. The number of hydrogen-bond donors (Lipinski definition) is 4. The van der Waals surface area contributed by atoms with Crippen molar-refractivity contribution in [2.45, 2.75) is 130 Å². The predicted octanol–water partition coefficient (Wildman–Crippen LogP) is 3.53. The molecule has 5 amide bonds. The van der Waals surface area contributed by atoms with E-state index in [0.29, 0.717) is 25.5 Å². The van der Waals surface area contributed by atoms with Gasteiger partial charge >= 0.3 is 6.03 Å². The molecule has 1 aliphatic heterocycles. The van der Waals surface area contributed by atoms with E-state index in [4.69, 9.17) is 10.5 Å². The molecule has 4 rings (SSSR count). The summed E-state index contributed by atoms with van der Waals surface area (Å²) in [5, 5.41) is 9.03. The van der Waals surface area contributed by atoms with E-state index in [1.54, 1.807) is 12.0 Å². The van der Waals surface area contributed by atoms with Crippen molar-refractivity contribution >= 4 is 29.5 Å². The van der Waals surface area contributed by atoms with Crippen molar-refractivity contribution in [3.8, 4) is 0 Å². The third kappa shape index (κ3) is 7.88. The molecule has 3 unspecified atom stereocenters. The van der Waals surface area contributed by atoms with Gasteiger partial charge in [0.1, 0.15) is 12.1 Å². The van der Waals surface area contributed by atoms with Crippen LogP contribution in [0.3, 0.4) is 0 Å². The smallest absolute Gasteiger partial charge is 0.315 e. The normalized spacial score (nSPS) is 27.4. The topological polar surface area (TPSA) is 160 Å². The van der Waals surface area contributed by atoms with Crippen molar-refractivity contribution in [1.29, 1.82) is 0 Å². The third-order valence-corrected chi connectivity index (χ3v) is 11.8. The zero-order valence-corrected chi connectivity index (χ0v) is 29.2. The summed E-state index contributed by atoms with van der Waals surface area (Å²) in [7, 11) is 1.61. The summed E-state index contributed by atoms with van der Waals surface area (Å²) in [6, 6.07) is -3.28. The molecule has 3 aliphatic carbocycles. The summed E-state index contributed by atoms with van der Waals surface area (Å²) >= 11 is 0. The maximum Gasteiger partial charge on any atom is 0.315 e. The van der Waals surface area contributed by atoms with Gasteiger partial charge < -0.3 is 31.3 Å². The van der Waals surface area contributed by atoms with Crippen molar-refractivity contribution < 1.29 is 28.7 Å². The molecule has 0 aromatic heterocycles. The number of methoxy groups -OCH3 is 1. The SMILES string of the molecule is COCC(NC(=O)N[C@H](C(=O)N1C[C@H]2[C@@H]([C@H]1C(=O)NC(CC1CCC1)C(=O)C(N)=O)C2(C)C)C1(C)CCCCC1)C(C)CC(C)C. The summed E-state index contributed by atoms with van der Waals surface area (Å²) in [5.74, 6) is -1.64. The highest BCUT2D eigenvalue weighted by atomic mass is 16.5. The number of nitrogens with two attached hydrogens (primary N) is 1. The molecule has 1 saturated heterocycles. The van der Waals surface area contributed by atoms with Crippen LogP contribution in [0.5, 0.6) is 0 Å². The fraction of sp³-hybridized carbons (Fsp3) is 0.857. The molecule has 0 aromatic carbocycles. The van der Waals surface area contributed by atoms with Crippen LogP contribution in [0.15, 0.2) is 0 Å². The van der Waals surface area contributed by atoms with Crippen molar-refractivity contribution in [3.63, 3.8) is 0 Å². The van der Waals surface area contributed by atoms with Crippen molar-refractivity contribution in [2.75, 3.05) is 20.3 Å². The summed E-state index contributed by atoms with van der Waals surface area (Å²) in [6.45, 7) is 13.4. The Morgan fingerprint density at radius 1 is 0.935 bits per heavy atom. The Balaban J connectivity index is 1.57. The quantitative estimate of drug-likeness (QED) is 0.199. The molecule has 46 heavy (non-hydrogen) atoms. The molecule has 1 heterocycles. The predicted molar refractivity (Wildman–Crippen MR) is 175 cm³/mol. The molecule has 4 aliphatic rings. The van der Waals surface area contributed by atoms with Gasteiger partial charge in [-0.05, 0) is 66.1 Å². The van der Waals surface area contributed by atoms with Crippen LogP contribution >= 0.6 is 0 Å². The molecule has 0 aromatic rings. The molecule has 7 atom stereocenters. The first kappa shape index (κ1) is 36.2. The molecule has 0 radical (unpaired) electrons. The Labute approximate surface area is 275 Å². The maximum absolute atomic E-state index is 14.7. The molecule has 4 fully saturated rings. The first-order valence-electron chi connectivity index (χ1n) is 17.6. The van der Waals surface area contributed by atoms with Gasteiger partial charge in [-0.15, -0.1) is 0 Å². The van der Waals surface area contributed by atoms with Gasteiger partial charge in [-0.25, -0.2) is 4.79 Å². The van der Waals surface area contributed by atoms with Crippen LogP contribution in [-0.4, -0.2) is 78.9 Å². The van der Waals surface area contributed by atoms with Gasteiger partial charge in [0.25, 0.3) is 5.91 Å². The molecule has 5 N–H and O–H groups in total. The van der Waals surface area contributed by atoms with Gasteiger partial charge in [0.2, 0.25) is 17.6 Å². The van der Waals surface area contributed by atoms with Gasteiger partial charge in [0.05, 0.1) is 18.7 Å². The Morgan fingerprint density at radius 2 is 1.59 bits per heavy atom. The number of amides is 5. The lowest BCUT2D eigenvalue weighted by Crippen LogP contribution is -2.63. The minimum Gasteiger partial charge on any atom is -0.383 e. The van der Waals surface area contributed by atoms with E-state index in [9.17, 15) is 24.0 Å². The van der Waals surface area contributed by atoms with Gasteiger partial charge in [-0.1, -0.05) is 80.1 Å². The van der Waals surface area contributed by atoms with E-state index in [0.717, 1.165) is 57.8 Å². The van der Waals surface area contributed by atoms with Crippen LogP contribution in [0, 0.1) is 40.4 Å². The number of ether oxygens (including phenoxy) is 1. The van der Waals surface area contributed by atoms with Crippen LogP contribution < -0.4 is 21.7 Å². The molecule has 0 bridgehead atoms. The summed E-state index contributed by atoms with van der Waals surface area (Å²) in [6.07, 6.45) is 8.80. The first-order chi connectivity index (χ1) is 21.6. The molecule has 260 valence electrons. The fourth-order valence-electron chi connectivity index (χ4n) is 8.66. The number of Topliss-reactive ketones (excluding diaryl/α,β-unsaturated/α-hetero) is 1. The Morgan fingerprint density at radius 3 is 2.13 bits per heavy atom. The van der Waals surface area contributed by atoms with Crippen molar-refractivity contribution in [3.05, 3.63) is 0 Å². The molecule has 11 nitrogen and oxygen atoms in total. The average Bonchev–Trinajstić information content (AvgIpc) is 3.27. The zero-order valence-electron chi connectivity index (χ0n) is 29.2. The second kappa shape index (κ2) is 14.6. The van der Waals surface area contributed by atoms with Crippen LogP contribution in [0.25, 0.3) is 0 Å². The number of likely N-dealkylation sites (tertiary alicyclic amines) is 1. The lowest BCUT2D eigenvalue weighted by Gasteiger charge is -2.43. The summed E-state index contributed by atoms with van der Waals surface area (Å²) < 4.78 is 5.44. The number of primary amides is 1. The van der Waals surface area contributed by atoms with Gasteiger partial charge in [-0.3, -0.25) is 19.2 Å². The molecule has 11 heteroatoms. The highest BCUT2D eigenvalue weighted by Gasteiger charge is 2.70. The lowest BCUT2D eigenvalue weighted by molar-refractivity contribution is -0.146. The van der Waals surface area contributed by atoms with Gasteiger partial charge in [0, 0.05) is 13.7 Å². The van der Waals surface area contributed by atoms with Crippen LogP contribution in [0.2, 0.25) is 0 Å². The zero-order chi connectivity index (χ0) is 34.0. The number of carbonyl (C=O) groups is 5. The Bertz CT molecular complexity index is 1150. The Hall–Kier alpha value is -2.69. The van der Waals surface area contributed by atoms with Crippen molar-refractivity contribution in [1.82, 2.24) is 20.9 Å². The minimum absolute atomic E-state index is 0.0823. The highest BCUT2D eigenvalue weighted by Crippen LogP contribution is 2.65. The summed E-state index contributed by atoms with van der Waals surface area (Å²) in [5.41, 5.74) is 4.75. The fourth-order valence-corrected chi connectivity index (χ4v) is 8.66. The third-order valence-electron chi connectivity index (χ3n) is 11.8. The van der Waals surface area contributed by atoms with Gasteiger partial charge in [-0.2, -0.15) is 0 Å². The second-order valence-electron chi connectivity index (χ2n) is 16.1. The maximum atomic E-state index is 14.7. The molecular formula is C35H59N5O6. The van der Waals surface area contributed by atoms with E-state index in [1.165, 1.54) is 0 Å². The van der Waals surface area contributed by atoms with Crippen LogP contribution in [0.1, 0.15) is 106 Å². The highest BCUT2D eigenvalue weighted by molar-refractivity contribution is 6.37. The number of nitrogens with zero attached hydrogens (tertiary/aromatic N) is 1. The van der Waals surface area contributed by atoms with E-state index in [2.05, 4.69) is 57.5 Å². The van der Waals surface area contributed by atoms with E-state index in [-0.39, 0.29) is 41.0 Å². The number of hydrogen-bond acceptors (Lipinski definition) is 6. The van der Waals surface area contributed by atoms with Crippen molar-refractivity contribution in [2.24, 2.45) is 46.2 Å². The second-order valence-corrected chi connectivity index (χ2v) is 16.1. The first-order valence-corrected chi connectivity index (χ1v) is 17.6. The monoisotopic (exact) mass is 645 g/mol. The standard InChI is InChI=1S/C35H59N5O6/c1-20(2)16-21(3)25(19-46-7)38-33(45)39-29(35(6)14-9-8-10-15-35)32(44)40-18-23-26(34(23,4)5)27(40)31(43)37-24(28(41)30(36)42)17-22-12-11-13-22/h20-27,29H,8-19H2,1-7H3,(H2,36,42)(H,37,43)(H2,38,39,45)/t21?,23-,24?,25?,26-,27-,29+/m0/s1. The van der Waals surface area contributed by atoms with Gasteiger partial charge in [0.15, 0.2) is 0 Å². The molecule has 0 spiro atoms. The van der Waals surface area contributed by atoms with E-state index >= 15 is 0 Å². The number of piperidine rings is 1. The Kier molecular flexibility index (Phi) is 11.5. The largest absolute Gasteiger partial charge is 0.383 e. The van der Waals surface area contributed by atoms with Crippen LogP contribution in [0.4, 0.5) is 4.79 Å². The number of ketones is 1. The molecule has 3 saturated carbocycles. The van der Waals surface area contributed by atoms with Crippen LogP contribution in [-0.2, 0) is 23.9 Å². The number of nitrogens with one attached hydrogen (secondary N) is 3. The van der Waals surface area contributed by atoms with E-state index < -0.39 is 47.2 Å². The van der Waals surface area contributed by atoms with E-state index in [1.807, 2.05) is 0 Å². The number of carbonyl (C=O) groups excluding carboxylic acids is 5. The number of fused-ring (bicyclic) bond motifs is 1. The molecular weight excluding hydrogens is 586 g/mol. The number of rotatable bonds is 15. The minimum atomic E-state index is -1.07. The average molecular weight is 646 g/mol.